The lowest BCUT2D eigenvalue weighted by Crippen LogP contribution is -2.12. The van der Waals surface area contributed by atoms with E-state index in [4.69, 9.17) is 9.72 Å². The summed E-state index contributed by atoms with van der Waals surface area (Å²) in [4.78, 5) is 5.78. The van der Waals surface area contributed by atoms with Gasteiger partial charge in [0.1, 0.15) is 5.82 Å². The molecule has 0 spiro atoms. The lowest BCUT2D eigenvalue weighted by atomic mass is 10.1. The Labute approximate surface area is 189 Å². The second-order valence-corrected chi connectivity index (χ2v) is 8.42. The topological polar surface area (TPSA) is 27.1 Å². The van der Waals surface area contributed by atoms with E-state index < -0.39 is 11.7 Å². The van der Waals surface area contributed by atoms with Gasteiger partial charge >= 0.3 is 6.18 Å². The van der Waals surface area contributed by atoms with Crippen molar-refractivity contribution in [3.8, 4) is 0 Å². The van der Waals surface area contributed by atoms with E-state index in [0.717, 1.165) is 22.6 Å². The minimum atomic E-state index is -4.42. The monoisotopic (exact) mass is 456 g/mol. The van der Waals surface area contributed by atoms with Crippen molar-refractivity contribution in [1.29, 1.82) is 0 Å². The summed E-state index contributed by atoms with van der Waals surface area (Å²) >= 11 is 1.63. The number of thioether (sulfide) groups is 1. The molecule has 32 heavy (non-hydrogen) atoms. The quantitative estimate of drug-likeness (QED) is 0.212. The van der Waals surface area contributed by atoms with E-state index in [-0.39, 0.29) is 5.25 Å². The lowest BCUT2D eigenvalue weighted by molar-refractivity contribution is -0.137. The summed E-state index contributed by atoms with van der Waals surface area (Å²) in [6.07, 6.45) is -4.42. The summed E-state index contributed by atoms with van der Waals surface area (Å²) in [5.41, 5.74) is 1.34. The molecule has 7 heteroatoms. The number of alkyl halides is 3. The molecule has 0 aliphatic heterocycles. The standard InChI is InChI=1S/C25H23F3N2OS/c1-2-31-16-15-30-22-14-13-19(25(26,27)28)17-21(22)29-24(30)23(18-9-5-3-6-10-18)32-20-11-7-4-8-12-20/h3-14,17,23H,2,15-16H2,1H3. The van der Waals surface area contributed by atoms with Gasteiger partial charge in [-0.05, 0) is 42.8 Å². The molecule has 0 radical (unpaired) electrons. The van der Waals surface area contributed by atoms with Crippen molar-refractivity contribution >= 4 is 22.8 Å². The van der Waals surface area contributed by atoms with Gasteiger partial charge in [0.05, 0.1) is 28.5 Å². The summed E-state index contributed by atoms with van der Waals surface area (Å²) in [5.74, 6) is 0.707. The summed E-state index contributed by atoms with van der Waals surface area (Å²) in [6, 6.07) is 23.6. The Morgan fingerprint density at radius 2 is 1.66 bits per heavy atom. The number of ether oxygens (including phenoxy) is 1. The highest BCUT2D eigenvalue weighted by atomic mass is 32.2. The van der Waals surface area contributed by atoms with Crippen LogP contribution in [0.3, 0.4) is 0 Å². The van der Waals surface area contributed by atoms with Gasteiger partial charge in [-0.1, -0.05) is 48.5 Å². The van der Waals surface area contributed by atoms with E-state index in [1.807, 2.05) is 72.2 Å². The van der Waals surface area contributed by atoms with Gasteiger partial charge in [-0.15, -0.1) is 11.8 Å². The van der Waals surface area contributed by atoms with Crippen molar-refractivity contribution in [3.05, 3.63) is 95.8 Å². The van der Waals surface area contributed by atoms with Crippen molar-refractivity contribution < 1.29 is 17.9 Å². The average molecular weight is 457 g/mol. The van der Waals surface area contributed by atoms with Crippen LogP contribution < -0.4 is 0 Å². The van der Waals surface area contributed by atoms with Crippen LogP contribution in [0, 0.1) is 0 Å². The van der Waals surface area contributed by atoms with Crippen molar-refractivity contribution in [3.63, 3.8) is 0 Å². The van der Waals surface area contributed by atoms with Crippen molar-refractivity contribution in [1.82, 2.24) is 9.55 Å². The second kappa shape index (κ2) is 9.79. The number of imidazole rings is 1. The first kappa shape index (κ1) is 22.4. The molecule has 0 aliphatic carbocycles. The maximum atomic E-state index is 13.3. The van der Waals surface area contributed by atoms with Crippen LogP contribution in [0.1, 0.15) is 29.1 Å². The largest absolute Gasteiger partial charge is 0.416 e. The zero-order chi connectivity index (χ0) is 22.6. The number of fused-ring (bicyclic) bond motifs is 1. The normalized spacial score (nSPS) is 12.9. The molecule has 1 heterocycles. The van der Waals surface area contributed by atoms with Crippen LogP contribution >= 0.6 is 11.8 Å². The summed E-state index contributed by atoms with van der Waals surface area (Å²) in [6.45, 7) is 3.44. The first-order valence-electron chi connectivity index (χ1n) is 10.4. The fourth-order valence-corrected chi connectivity index (χ4v) is 4.76. The zero-order valence-electron chi connectivity index (χ0n) is 17.5. The number of halogens is 3. The number of hydrogen-bond donors (Lipinski definition) is 0. The lowest BCUT2D eigenvalue weighted by Gasteiger charge is -2.19. The third-order valence-corrected chi connectivity index (χ3v) is 6.37. The molecule has 1 unspecified atom stereocenters. The van der Waals surface area contributed by atoms with E-state index in [1.54, 1.807) is 11.8 Å². The third-order valence-electron chi connectivity index (χ3n) is 5.10. The predicted octanol–water partition coefficient (Wildman–Crippen LogP) is 6.97. The molecule has 0 fully saturated rings. The Balaban J connectivity index is 1.85. The molecule has 0 bridgehead atoms. The van der Waals surface area contributed by atoms with E-state index in [9.17, 15) is 13.2 Å². The minimum absolute atomic E-state index is 0.193. The SMILES string of the molecule is CCOCCn1c(C(Sc2ccccc2)c2ccccc2)nc2cc(C(F)(F)F)ccc21. The van der Waals surface area contributed by atoms with E-state index in [2.05, 4.69) is 0 Å². The van der Waals surface area contributed by atoms with Crippen LogP contribution in [0.2, 0.25) is 0 Å². The van der Waals surface area contributed by atoms with Gasteiger partial charge in [0.15, 0.2) is 0 Å². The smallest absolute Gasteiger partial charge is 0.380 e. The molecule has 3 aromatic carbocycles. The molecule has 3 nitrogen and oxygen atoms in total. The van der Waals surface area contributed by atoms with Gasteiger partial charge in [-0.2, -0.15) is 13.2 Å². The molecule has 1 atom stereocenters. The van der Waals surface area contributed by atoms with Crippen LogP contribution in [0.15, 0.2) is 83.8 Å². The molecular formula is C25H23F3N2OS. The Morgan fingerprint density at radius 1 is 0.969 bits per heavy atom. The average Bonchev–Trinajstić information content (AvgIpc) is 3.16. The summed E-state index contributed by atoms with van der Waals surface area (Å²) in [5, 5.41) is -0.193. The van der Waals surface area contributed by atoms with Gasteiger partial charge in [-0.25, -0.2) is 4.98 Å². The minimum Gasteiger partial charge on any atom is -0.380 e. The molecule has 0 amide bonds. The molecular weight excluding hydrogens is 433 g/mol. The van der Waals surface area contributed by atoms with Crippen LogP contribution in [0.4, 0.5) is 13.2 Å². The Morgan fingerprint density at radius 3 is 2.31 bits per heavy atom. The van der Waals surface area contributed by atoms with Crippen LogP contribution in [-0.4, -0.2) is 22.8 Å². The fraction of sp³-hybridized carbons (Fsp3) is 0.240. The fourth-order valence-electron chi connectivity index (χ4n) is 3.59. The van der Waals surface area contributed by atoms with Gasteiger partial charge in [-0.3, -0.25) is 0 Å². The number of hydrogen-bond acceptors (Lipinski definition) is 3. The predicted molar refractivity (Wildman–Crippen MR) is 122 cm³/mol. The third kappa shape index (κ3) is 5.00. The van der Waals surface area contributed by atoms with E-state index in [0.29, 0.717) is 36.6 Å². The number of aromatic nitrogens is 2. The summed E-state index contributed by atoms with van der Waals surface area (Å²) in [7, 11) is 0. The molecule has 4 rings (SSSR count). The Kier molecular flexibility index (Phi) is 6.86. The van der Waals surface area contributed by atoms with Gasteiger partial charge in [0.2, 0.25) is 0 Å². The van der Waals surface area contributed by atoms with Gasteiger partial charge in [0.25, 0.3) is 0 Å². The highest BCUT2D eigenvalue weighted by Crippen LogP contribution is 2.41. The molecule has 0 N–H and O–H groups in total. The summed E-state index contributed by atoms with van der Waals surface area (Å²) < 4.78 is 47.5. The molecule has 1 aromatic heterocycles. The van der Waals surface area contributed by atoms with E-state index >= 15 is 0 Å². The Bertz CT molecular complexity index is 1160. The van der Waals surface area contributed by atoms with Crippen molar-refractivity contribution in [2.45, 2.75) is 29.8 Å². The van der Waals surface area contributed by atoms with Crippen molar-refractivity contribution in [2.24, 2.45) is 0 Å². The molecule has 0 saturated heterocycles. The maximum absolute atomic E-state index is 13.3. The van der Waals surface area contributed by atoms with Crippen LogP contribution in [0.5, 0.6) is 0 Å². The second-order valence-electron chi connectivity index (χ2n) is 7.24. The molecule has 166 valence electrons. The molecule has 0 aliphatic rings. The Hall–Kier alpha value is -2.77. The van der Waals surface area contributed by atoms with Crippen LogP contribution in [-0.2, 0) is 17.5 Å². The number of nitrogens with zero attached hydrogens (tertiary/aromatic N) is 2. The number of rotatable bonds is 8. The molecule has 4 aromatic rings. The maximum Gasteiger partial charge on any atom is 0.416 e. The van der Waals surface area contributed by atoms with Crippen LogP contribution in [0.25, 0.3) is 11.0 Å². The van der Waals surface area contributed by atoms with Gasteiger partial charge < -0.3 is 9.30 Å². The van der Waals surface area contributed by atoms with Crippen molar-refractivity contribution in [2.75, 3.05) is 13.2 Å². The first-order valence-corrected chi connectivity index (χ1v) is 11.3. The van der Waals surface area contributed by atoms with E-state index in [1.165, 1.54) is 6.07 Å². The zero-order valence-corrected chi connectivity index (χ0v) is 18.4. The highest BCUT2D eigenvalue weighted by molar-refractivity contribution is 7.99. The molecule has 0 saturated carbocycles. The highest BCUT2D eigenvalue weighted by Gasteiger charge is 2.32. The van der Waals surface area contributed by atoms with Gasteiger partial charge in [0, 0.05) is 18.0 Å². The first-order chi connectivity index (χ1) is 15.5. The number of benzene rings is 3.